The number of nitrogens with two attached hydrogens (primary N) is 1. The zero-order chi connectivity index (χ0) is 13.8. The number of halogens is 1. The van der Waals surface area contributed by atoms with E-state index in [4.69, 9.17) is 22.1 Å². The molecule has 0 aliphatic carbocycles. The van der Waals surface area contributed by atoms with Gasteiger partial charge in [-0.1, -0.05) is 17.7 Å². The number of hydrogen-bond acceptors (Lipinski definition) is 5. The highest BCUT2D eigenvalue weighted by Gasteiger charge is 2.11. The van der Waals surface area contributed by atoms with Gasteiger partial charge in [0.1, 0.15) is 5.75 Å². The Labute approximate surface area is 116 Å². The molecule has 0 aliphatic heterocycles. The van der Waals surface area contributed by atoms with Gasteiger partial charge in [0.25, 0.3) is 0 Å². The molecule has 6 nitrogen and oxygen atoms in total. The van der Waals surface area contributed by atoms with Crippen LogP contribution in [-0.2, 0) is 20.1 Å². The second-order valence-corrected chi connectivity index (χ2v) is 4.79. The lowest BCUT2D eigenvalue weighted by molar-refractivity contribution is 0.292. The normalized spacial score (nSPS) is 12.4. The molecule has 0 spiro atoms. The van der Waals surface area contributed by atoms with E-state index in [1.807, 2.05) is 25.1 Å². The number of rotatable bonds is 5. The van der Waals surface area contributed by atoms with E-state index in [0.29, 0.717) is 23.0 Å². The number of hydrogen-bond donors (Lipinski definition) is 1. The third kappa shape index (κ3) is 3.65. The average Bonchev–Trinajstić information content (AvgIpc) is 2.75. The van der Waals surface area contributed by atoms with E-state index >= 15 is 0 Å². The third-order valence-corrected chi connectivity index (χ3v) is 2.86. The van der Waals surface area contributed by atoms with Gasteiger partial charge in [-0.05, 0) is 30.7 Å². The quantitative estimate of drug-likeness (QED) is 0.894. The Morgan fingerprint density at radius 2 is 2.26 bits per heavy atom. The van der Waals surface area contributed by atoms with Crippen LogP contribution in [0.4, 0.5) is 0 Å². The molecule has 19 heavy (non-hydrogen) atoms. The molecule has 2 N–H and O–H groups in total. The fourth-order valence-corrected chi connectivity index (χ4v) is 1.96. The van der Waals surface area contributed by atoms with Crippen LogP contribution in [0.2, 0.25) is 5.02 Å². The minimum Gasteiger partial charge on any atom is -0.485 e. The Morgan fingerprint density at radius 3 is 2.89 bits per heavy atom. The van der Waals surface area contributed by atoms with E-state index in [-0.39, 0.29) is 12.6 Å². The highest BCUT2D eigenvalue weighted by atomic mass is 35.5. The Hall–Kier alpha value is -1.66. The van der Waals surface area contributed by atoms with Gasteiger partial charge in [-0.15, -0.1) is 10.2 Å². The Kier molecular flexibility index (Phi) is 4.34. The summed E-state index contributed by atoms with van der Waals surface area (Å²) in [4.78, 5) is 1.39. The molecule has 0 bridgehead atoms. The van der Waals surface area contributed by atoms with Gasteiger partial charge >= 0.3 is 0 Å². The molecule has 0 amide bonds. The van der Waals surface area contributed by atoms with Gasteiger partial charge in [0.05, 0.1) is 7.05 Å². The highest BCUT2D eigenvalue weighted by Crippen LogP contribution is 2.28. The zero-order valence-corrected chi connectivity index (χ0v) is 11.6. The van der Waals surface area contributed by atoms with Crippen LogP contribution < -0.4 is 10.5 Å². The number of tetrazole rings is 1. The van der Waals surface area contributed by atoms with E-state index in [9.17, 15) is 0 Å². The summed E-state index contributed by atoms with van der Waals surface area (Å²) in [6.45, 7) is 2.18. The summed E-state index contributed by atoms with van der Waals surface area (Å²) >= 11 is 6.18. The maximum Gasteiger partial charge on any atom is 0.212 e. The monoisotopic (exact) mass is 281 g/mol. The topological polar surface area (TPSA) is 78.9 Å². The molecule has 0 fully saturated rings. The van der Waals surface area contributed by atoms with Crippen LogP contribution in [0.1, 0.15) is 18.3 Å². The Balaban J connectivity index is 2.13. The second-order valence-electron chi connectivity index (χ2n) is 4.38. The standard InChI is InChI=1S/C12H16ClN5O/c1-8(14)6-9-10(13)4-3-5-11(9)19-7-12-15-17-18(2)16-12/h3-5,8H,6-7,14H2,1-2H3. The number of ether oxygens (including phenoxy) is 1. The van der Waals surface area contributed by atoms with E-state index in [1.54, 1.807) is 7.05 Å². The number of benzene rings is 1. The van der Waals surface area contributed by atoms with Gasteiger partial charge < -0.3 is 10.5 Å². The molecule has 0 radical (unpaired) electrons. The van der Waals surface area contributed by atoms with E-state index in [0.717, 1.165) is 5.56 Å². The van der Waals surface area contributed by atoms with Crippen LogP contribution in [0.15, 0.2) is 18.2 Å². The summed E-state index contributed by atoms with van der Waals surface area (Å²) in [5.74, 6) is 1.23. The molecule has 102 valence electrons. The van der Waals surface area contributed by atoms with Crippen LogP contribution >= 0.6 is 11.6 Å². The summed E-state index contributed by atoms with van der Waals surface area (Å²) < 4.78 is 5.70. The van der Waals surface area contributed by atoms with Crippen molar-refractivity contribution in [2.75, 3.05) is 0 Å². The Morgan fingerprint density at radius 1 is 1.47 bits per heavy atom. The molecule has 0 saturated heterocycles. The minimum atomic E-state index is 0.0110. The van der Waals surface area contributed by atoms with Crippen molar-refractivity contribution >= 4 is 11.6 Å². The molecule has 0 saturated carbocycles. The highest BCUT2D eigenvalue weighted by molar-refractivity contribution is 6.31. The predicted octanol–water partition coefficient (Wildman–Crippen LogP) is 1.33. The van der Waals surface area contributed by atoms with Gasteiger partial charge in [0.15, 0.2) is 6.61 Å². The lowest BCUT2D eigenvalue weighted by Gasteiger charge is -2.13. The summed E-state index contributed by atoms with van der Waals surface area (Å²) in [6.07, 6.45) is 0.656. The molecule has 1 atom stereocenters. The first-order chi connectivity index (χ1) is 9.06. The van der Waals surface area contributed by atoms with Gasteiger partial charge in [0, 0.05) is 16.6 Å². The summed E-state index contributed by atoms with van der Waals surface area (Å²) in [7, 11) is 1.71. The predicted molar refractivity (Wildman–Crippen MR) is 71.9 cm³/mol. The van der Waals surface area contributed by atoms with E-state index in [1.165, 1.54) is 4.80 Å². The van der Waals surface area contributed by atoms with Crippen molar-refractivity contribution < 1.29 is 4.74 Å². The maximum absolute atomic E-state index is 6.18. The summed E-state index contributed by atoms with van der Waals surface area (Å²) in [6, 6.07) is 5.54. The van der Waals surface area contributed by atoms with E-state index in [2.05, 4.69) is 15.4 Å². The van der Waals surface area contributed by atoms with Crippen molar-refractivity contribution in [1.29, 1.82) is 0 Å². The molecule has 1 unspecified atom stereocenters. The number of nitrogens with zero attached hydrogens (tertiary/aromatic N) is 4. The fraction of sp³-hybridized carbons (Fsp3) is 0.417. The molecule has 1 aromatic heterocycles. The first kappa shape index (κ1) is 13.8. The lowest BCUT2D eigenvalue weighted by atomic mass is 10.1. The van der Waals surface area contributed by atoms with Gasteiger partial charge in [0.2, 0.25) is 5.82 Å². The van der Waals surface area contributed by atoms with Crippen LogP contribution in [0, 0.1) is 0 Å². The van der Waals surface area contributed by atoms with Gasteiger partial charge in [-0.25, -0.2) is 0 Å². The van der Waals surface area contributed by atoms with Crippen LogP contribution in [0.3, 0.4) is 0 Å². The SMILES string of the molecule is CC(N)Cc1c(Cl)cccc1OCc1nnn(C)n1. The minimum absolute atomic E-state index is 0.0110. The maximum atomic E-state index is 6.18. The van der Waals surface area contributed by atoms with Crippen LogP contribution in [-0.4, -0.2) is 26.2 Å². The summed E-state index contributed by atoms with van der Waals surface area (Å²) in [5.41, 5.74) is 6.73. The molecule has 2 rings (SSSR count). The largest absolute Gasteiger partial charge is 0.485 e. The Bertz CT molecular complexity index is 555. The van der Waals surface area contributed by atoms with Gasteiger partial charge in [-0.3, -0.25) is 0 Å². The third-order valence-electron chi connectivity index (χ3n) is 2.51. The molecular weight excluding hydrogens is 266 g/mol. The molecule has 1 aromatic carbocycles. The molecule has 0 aliphatic rings. The summed E-state index contributed by atoms with van der Waals surface area (Å²) in [5, 5.41) is 12.3. The molecular formula is C12H16ClN5O. The lowest BCUT2D eigenvalue weighted by Crippen LogP contribution is -2.18. The van der Waals surface area contributed by atoms with Crippen molar-refractivity contribution in [2.45, 2.75) is 26.0 Å². The fourth-order valence-electron chi connectivity index (χ4n) is 1.72. The van der Waals surface area contributed by atoms with Crippen molar-refractivity contribution in [3.05, 3.63) is 34.6 Å². The van der Waals surface area contributed by atoms with Crippen molar-refractivity contribution in [1.82, 2.24) is 20.2 Å². The van der Waals surface area contributed by atoms with Gasteiger partial charge in [-0.2, -0.15) is 4.80 Å². The smallest absolute Gasteiger partial charge is 0.212 e. The zero-order valence-electron chi connectivity index (χ0n) is 10.9. The van der Waals surface area contributed by atoms with Crippen molar-refractivity contribution in [3.63, 3.8) is 0 Å². The average molecular weight is 282 g/mol. The molecule has 1 heterocycles. The molecule has 7 heteroatoms. The first-order valence-corrected chi connectivity index (χ1v) is 6.32. The first-order valence-electron chi connectivity index (χ1n) is 5.95. The van der Waals surface area contributed by atoms with Crippen molar-refractivity contribution in [2.24, 2.45) is 12.8 Å². The van der Waals surface area contributed by atoms with Crippen molar-refractivity contribution in [3.8, 4) is 5.75 Å². The van der Waals surface area contributed by atoms with Crippen LogP contribution in [0.25, 0.3) is 0 Å². The van der Waals surface area contributed by atoms with Crippen LogP contribution in [0.5, 0.6) is 5.75 Å². The number of aryl methyl sites for hydroxylation is 1. The second kappa shape index (κ2) is 5.99. The molecule has 2 aromatic rings. The number of aromatic nitrogens is 4. The van der Waals surface area contributed by atoms with E-state index < -0.39 is 0 Å².